The molecule has 0 bridgehead atoms. The van der Waals surface area contributed by atoms with Gasteiger partial charge in [0.15, 0.2) is 0 Å². The number of hydrogen-bond donors (Lipinski definition) is 0. The van der Waals surface area contributed by atoms with Crippen LogP contribution < -0.4 is 0 Å². The molecule has 1 saturated carbocycles. The highest BCUT2D eigenvalue weighted by molar-refractivity contribution is 7.89. The highest BCUT2D eigenvalue weighted by atomic mass is 32.2. The molecule has 5 nitrogen and oxygen atoms in total. The van der Waals surface area contributed by atoms with Crippen LogP contribution in [0, 0.1) is 40.0 Å². The van der Waals surface area contributed by atoms with Gasteiger partial charge < -0.3 is 0 Å². The fraction of sp³-hybridized carbons (Fsp3) is 0.429. The zero-order valence-electron chi connectivity index (χ0n) is 22.2. The van der Waals surface area contributed by atoms with E-state index in [2.05, 4.69) is 16.8 Å². The molecule has 2 atom stereocenters. The minimum Gasteiger partial charge on any atom is -0.207 e. The third-order valence-electron chi connectivity index (χ3n) is 8.00. The summed E-state index contributed by atoms with van der Waals surface area (Å²) in [4.78, 5) is -0.705. The van der Waals surface area contributed by atoms with E-state index in [1.54, 1.807) is 6.92 Å². The minimum absolute atomic E-state index is 0.00292. The van der Waals surface area contributed by atoms with Gasteiger partial charge in [-0.3, -0.25) is 0 Å². The molecule has 0 amide bonds. The number of azo groups is 1. The van der Waals surface area contributed by atoms with Crippen LogP contribution in [0.2, 0.25) is 0 Å². The molecule has 2 aromatic carbocycles. The van der Waals surface area contributed by atoms with Gasteiger partial charge in [0.1, 0.15) is 28.2 Å². The zero-order chi connectivity index (χ0) is 28.5. The third-order valence-corrected chi connectivity index (χ3v) is 9.93. The van der Waals surface area contributed by atoms with Crippen molar-refractivity contribution in [3.05, 3.63) is 83.5 Å². The summed E-state index contributed by atoms with van der Waals surface area (Å²) >= 11 is 0. The van der Waals surface area contributed by atoms with Gasteiger partial charge in [0.05, 0.1) is 11.3 Å². The van der Waals surface area contributed by atoms with Crippen molar-refractivity contribution in [1.29, 1.82) is 0 Å². The van der Waals surface area contributed by atoms with E-state index in [0.717, 1.165) is 24.3 Å². The molecule has 38 heavy (non-hydrogen) atoms. The van der Waals surface area contributed by atoms with Gasteiger partial charge in [0.2, 0.25) is 10.0 Å². The Morgan fingerprint density at radius 2 is 1.74 bits per heavy atom. The average Bonchev–Trinajstić information content (AvgIpc) is 3.07. The molecule has 1 fully saturated rings. The summed E-state index contributed by atoms with van der Waals surface area (Å²) in [7, 11) is -2.92. The van der Waals surface area contributed by atoms with Gasteiger partial charge in [-0.2, -0.15) is 14.5 Å². The molecule has 1 aliphatic rings. The quantitative estimate of drug-likeness (QED) is 0.186. The summed E-state index contributed by atoms with van der Waals surface area (Å²) in [6, 6.07) is 5.90. The van der Waals surface area contributed by atoms with Crippen molar-refractivity contribution in [1.82, 2.24) is 4.31 Å². The zero-order valence-corrected chi connectivity index (χ0v) is 23.0. The molecular weight excluding hydrogens is 518 g/mol. The Balaban J connectivity index is 1.95. The smallest absolute Gasteiger partial charge is 0.207 e. The van der Waals surface area contributed by atoms with Gasteiger partial charge in [-0.15, -0.1) is 0 Å². The summed E-state index contributed by atoms with van der Waals surface area (Å²) in [6.07, 6.45) is 2.75. The number of hydrogen-bond acceptors (Lipinski definition) is 4. The van der Waals surface area contributed by atoms with Crippen molar-refractivity contribution in [2.24, 2.45) is 27.0 Å². The van der Waals surface area contributed by atoms with Crippen LogP contribution >= 0.6 is 0 Å². The third kappa shape index (κ3) is 5.47. The van der Waals surface area contributed by atoms with Crippen LogP contribution in [0.5, 0.6) is 0 Å². The highest BCUT2D eigenvalue weighted by Gasteiger charge is 2.53. The first-order valence-corrected chi connectivity index (χ1v) is 13.7. The van der Waals surface area contributed by atoms with E-state index in [1.807, 2.05) is 20.8 Å². The molecule has 0 aromatic heterocycles. The van der Waals surface area contributed by atoms with E-state index < -0.39 is 49.0 Å². The van der Waals surface area contributed by atoms with Crippen LogP contribution in [-0.2, 0) is 10.0 Å². The molecule has 0 aliphatic heterocycles. The number of allylic oxidation sites excluding steroid dienone is 2. The van der Waals surface area contributed by atoms with Crippen LogP contribution in [-0.4, -0.2) is 32.9 Å². The minimum atomic E-state index is -4.32. The van der Waals surface area contributed by atoms with E-state index in [0.29, 0.717) is 24.5 Å². The van der Waals surface area contributed by atoms with Gasteiger partial charge in [-0.05, 0) is 71.6 Å². The maximum absolute atomic E-state index is 14.5. The number of nitrogens with zero attached hydrogens (tertiary/aromatic N) is 3. The number of benzene rings is 2. The molecule has 0 radical (unpaired) electrons. The lowest BCUT2D eigenvalue weighted by atomic mass is 9.64. The molecule has 0 heterocycles. The molecule has 3 rings (SSSR count). The average molecular weight is 552 g/mol. The van der Waals surface area contributed by atoms with E-state index in [4.69, 9.17) is 0 Å². The Hall–Kier alpha value is -2.85. The van der Waals surface area contributed by atoms with Crippen molar-refractivity contribution < 1.29 is 26.0 Å². The summed E-state index contributed by atoms with van der Waals surface area (Å²) in [6.45, 7) is 11.9. The normalized spacial score (nSPS) is 21.9. The Labute approximate surface area is 222 Å². The van der Waals surface area contributed by atoms with Crippen molar-refractivity contribution >= 4 is 15.7 Å². The fourth-order valence-electron chi connectivity index (χ4n) is 5.35. The molecule has 2 unspecified atom stereocenters. The molecule has 0 saturated heterocycles. The van der Waals surface area contributed by atoms with Crippen LogP contribution in [0.15, 0.2) is 69.8 Å². The Morgan fingerprint density at radius 3 is 2.32 bits per heavy atom. The Kier molecular flexibility index (Phi) is 8.67. The summed E-state index contributed by atoms with van der Waals surface area (Å²) in [5.41, 5.74) is -0.857. The summed E-state index contributed by atoms with van der Waals surface area (Å²) < 4.78 is 85.0. The van der Waals surface area contributed by atoms with Crippen molar-refractivity contribution in [2.75, 3.05) is 20.1 Å². The molecule has 206 valence electrons. The lowest BCUT2D eigenvalue weighted by Gasteiger charge is -2.44. The van der Waals surface area contributed by atoms with Gasteiger partial charge >= 0.3 is 0 Å². The lowest BCUT2D eigenvalue weighted by Crippen LogP contribution is -2.46. The molecule has 0 spiro atoms. The van der Waals surface area contributed by atoms with Gasteiger partial charge in [-0.25, -0.2) is 26.0 Å². The molecular formula is C28H33F4N3O2S. The van der Waals surface area contributed by atoms with Gasteiger partial charge in [0.25, 0.3) is 0 Å². The van der Waals surface area contributed by atoms with E-state index in [1.165, 1.54) is 23.5 Å². The second-order valence-corrected chi connectivity index (χ2v) is 12.3. The van der Waals surface area contributed by atoms with E-state index in [9.17, 15) is 26.0 Å². The van der Waals surface area contributed by atoms with Gasteiger partial charge in [0, 0.05) is 20.1 Å². The fourth-order valence-corrected chi connectivity index (χ4v) is 6.99. The number of rotatable bonds is 9. The predicted molar refractivity (Wildman–Crippen MR) is 140 cm³/mol. The first kappa shape index (κ1) is 29.7. The topological polar surface area (TPSA) is 62.1 Å². The van der Waals surface area contributed by atoms with Crippen molar-refractivity contribution in [2.45, 2.75) is 45.4 Å². The Morgan fingerprint density at radius 1 is 1.11 bits per heavy atom. The van der Waals surface area contributed by atoms with E-state index >= 15 is 0 Å². The van der Waals surface area contributed by atoms with Crippen LogP contribution in [0.1, 0.15) is 46.1 Å². The van der Waals surface area contributed by atoms with Crippen LogP contribution in [0.4, 0.5) is 17.6 Å². The monoisotopic (exact) mass is 551 g/mol. The van der Waals surface area contributed by atoms with Crippen molar-refractivity contribution in [3.8, 4) is 0 Å². The largest absolute Gasteiger partial charge is 0.246 e. The molecule has 0 N–H and O–H groups in total. The standard InChI is InChI=1S/C28H33F4N3O2S/c1-7-35(38(36,37)25-16-19(29)11-12-21(25)30)17-28(5)14-13-20(27(28,3)4)18(2)15-24(34-33-6)26-22(31)9-8-10-23(26)32/h8-12,15-16,20H,2,7,13-14,17H2,1,3-6H3/b24-15-,34-33-. The first-order valence-electron chi connectivity index (χ1n) is 12.3. The van der Waals surface area contributed by atoms with Crippen molar-refractivity contribution in [3.63, 3.8) is 0 Å². The summed E-state index contributed by atoms with van der Waals surface area (Å²) in [5.74, 6) is -3.60. The molecule has 10 heteroatoms. The number of halogens is 4. The second-order valence-electron chi connectivity index (χ2n) is 10.4. The summed E-state index contributed by atoms with van der Waals surface area (Å²) in [5, 5.41) is 7.66. The molecule has 2 aromatic rings. The maximum atomic E-state index is 14.5. The predicted octanol–water partition coefficient (Wildman–Crippen LogP) is 7.38. The SMILES string of the molecule is C=C(/C=C(\N=N/C)c1c(F)cccc1F)C1CCC(C)(CN(CC)S(=O)(=O)c2cc(F)ccc2F)C1(C)C. The van der Waals surface area contributed by atoms with Crippen LogP contribution in [0.3, 0.4) is 0 Å². The Bertz CT molecular complexity index is 1370. The van der Waals surface area contributed by atoms with Gasteiger partial charge in [-0.1, -0.05) is 40.3 Å². The van der Waals surface area contributed by atoms with Crippen LogP contribution in [0.25, 0.3) is 5.70 Å². The number of sulfonamides is 1. The highest BCUT2D eigenvalue weighted by Crippen LogP contribution is 2.58. The lowest BCUT2D eigenvalue weighted by molar-refractivity contribution is 0.0802. The first-order chi connectivity index (χ1) is 17.7. The van der Waals surface area contributed by atoms with E-state index in [-0.39, 0.29) is 30.3 Å². The molecule has 1 aliphatic carbocycles. The second kappa shape index (κ2) is 11.1. The maximum Gasteiger partial charge on any atom is 0.246 e.